The summed E-state index contributed by atoms with van der Waals surface area (Å²) in [5.74, 6) is 0.367. The van der Waals surface area contributed by atoms with Crippen molar-refractivity contribution in [1.29, 1.82) is 0 Å². The number of hydrogen-bond acceptors (Lipinski definition) is 7. The SMILES string of the molecule is COc1ccc(S(=O)(=O)N(Cc2ccc(OC)c(C)c2)[C@H](Cc2cccs2)C(=O)NO)cc1. The van der Waals surface area contributed by atoms with Crippen molar-refractivity contribution in [3.63, 3.8) is 0 Å². The quantitative estimate of drug-likeness (QED) is 0.333. The Morgan fingerprint density at radius 2 is 1.85 bits per heavy atom. The van der Waals surface area contributed by atoms with Gasteiger partial charge in [0.05, 0.1) is 19.1 Å². The highest BCUT2D eigenvalue weighted by Gasteiger charge is 2.36. The van der Waals surface area contributed by atoms with Crippen LogP contribution in [0.5, 0.6) is 11.5 Å². The van der Waals surface area contributed by atoms with Crippen molar-refractivity contribution < 1.29 is 27.9 Å². The molecule has 2 N–H and O–H groups in total. The first-order valence-corrected chi connectivity index (χ1v) is 12.4. The van der Waals surface area contributed by atoms with E-state index < -0.39 is 22.0 Å². The van der Waals surface area contributed by atoms with Gasteiger partial charge < -0.3 is 9.47 Å². The number of methoxy groups -OCH3 is 2. The molecule has 3 rings (SSSR count). The fourth-order valence-corrected chi connectivity index (χ4v) is 5.80. The second kappa shape index (κ2) is 10.8. The van der Waals surface area contributed by atoms with Gasteiger partial charge in [0.25, 0.3) is 5.91 Å². The van der Waals surface area contributed by atoms with Gasteiger partial charge in [-0.1, -0.05) is 18.2 Å². The molecule has 0 fully saturated rings. The van der Waals surface area contributed by atoms with Crippen LogP contribution in [0.1, 0.15) is 16.0 Å². The zero-order valence-electron chi connectivity index (χ0n) is 18.5. The number of hydrogen-bond donors (Lipinski definition) is 2. The molecule has 0 aliphatic heterocycles. The van der Waals surface area contributed by atoms with E-state index in [9.17, 15) is 18.4 Å². The molecule has 10 heteroatoms. The summed E-state index contributed by atoms with van der Waals surface area (Å²) in [6.45, 7) is 1.77. The summed E-state index contributed by atoms with van der Waals surface area (Å²) in [5, 5.41) is 11.3. The van der Waals surface area contributed by atoms with Crippen LogP contribution < -0.4 is 15.0 Å². The minimum Gasteiger partial charge on any atom is -0.497 e. The van der Waals surface area contributed by atoms with Gasteiger partial charge in [0, 0.05) is 17.8 Å². The molecule has 0 saturated carbocycles. The first kappa shape index (κ1) is 24.7. The normalized spacial score (nSPS) is 12.4. The van der Waals surface area contributed by atoms with E-state index in [0.717, 1.165) is 14.7 Å². The number of sulfonamides is 1. The van der Waals surface area contributed by atoms with Crippen molar-refractivity contribution in [1.82, 2.24) is 9.79 Å². The summed E-state index contributed by atoms with van der Waals surface area (Å²) in [6.07, 6.45) is 0.106. The van der Waals surface area contributed by atoms with Crippen LogP contribution in [0, 0.1) is 6.92 Å². The molecule has 0 aliphatic rings. The molecule has 0 spiro atoms. The minimum atomic E-state index is -4.13. The fraction of sp³-hybridized carbons (Fsp3) is 0.261. The Kier molecular flexibility index (Phi) is 8.09. The smallest absolute Gasteiger partial charge is 0.262 e. The standard InChI is InChI=1S/C23H26N2O6S2/c1-16-13-17(6-11-22(16)31-3)15-25(21(23(26)24-27)14-19-5-4-12-32-19)33(28,29)20-9-7-18(30-2)8-10-20/h4-13,21,27H,14-15H2,1-3H3,(H,24,26)/t21-/m1/s1. The van der Waals surface area contributed by atoms with Gasteiger partial charge in [0.2, 0.25) is 10.0 Å². The van der Waals surface area contributed by atoms with Crippen LogP contribution in [-0.4, -0.2) is 44.1 Å². The van der Waals surface area contributed by atoms with Gasteiger partial charge in [0.15, 0.2) is 0 Å². The molecule has 0 saturated heterocycles. The van der Waals surface area contributed by atoms with E-state index in [-0.39, 0.29) is 17.9 Å². The second-order valence-electron chi connectivity index (χ2n) is 7.31. The zero-order valence-corrected chi connectivity index (χ0v) is 20.2. The summed E-state index contributed by atoms with van der Waals surface area (Å²) < 4.78 is 39.0. The largest absolute Gasteiger partial charge is 0.497 e. The third kappa shape index (κ3) is 5.72. The zero-order chi connectivity index (χ0) is 24.0. The predicted molar refractivity (Wildman–Crippen MR) is 125 cm³/mol. The summed E-state index contributed by atoms with van der Waals surface area (Å²) in [7, 11) is -1.08. The van der Waals surface area contributed by atoms with Gasteiger partial charge >= 0.3 is 0 Å². The molecule has 0 bridgehead atoms. The van der Waals surface area contributed by atoms with Gasteiger partial charge in [-0.25, -0.2) is 13.9 Å². The molecule has 3 aromatic rings. The molecule has 1 atom stereocenters. The molecule has 0 radical (unpaired) electrons. The lowest BCUT2D eigenvalue weighted by Gasteiger charge is -2.29. The lowest BCUT2D eigenvalue weighted by molar-refractivity contribution is -0.133. The van der Waals surface area contributed by atoms with Crippen LogP contribution in [0.2, 0.25) is 0 Å². The Morgan fingerprint density at radius 3 is 2.39 bits per heavy atom. The van der Waals surface area contributed by atoms with Crippen molar-refractivity contribution >= 4 is 27.3 Å². The topological polar surface area (TPSA) is 105 Å². The number of ether oxygens (including phenoxy) is 2. The van der Waals surface area contributed by atoms with Crippen LogP contribution >= 0.6 is 11.3 Å². The Bertz CT molecular complexity index is 1180. The predicted octanol–water partition coefficient (Wildman–Crippen LogP) is 3.38. The molecular weight excluding hydrogens is 464 g/mol. The highest BCUT2D eigenvalue weighted by Crippen LogP contribution is 2.27. The van der Waals surface area contributed by atoms with E-state index in [0.29, 0.717) is 17.1 Å². The van der Waals surface area contributed by atoms with Crippen LogP contribution in [0.4, 0.5) is 0 Å². The second-order valence-corrected chi connectivity index (χ2v) is 10.2. The average molecular weight is 491 g/mol. The number of hydroxylamine groups is 1. The molecule has 176 valence electrons. The highest BCUT2D eigenvalue weighted by molar-refractivity contribution is 7.89. The molecule has 33 heavy (non-hydrogen) atoms. The molecule has 0 aliphatic carbocycles. The van der Waals surface area contributed by atoms with Gasteiger partial charge in [-0.3, -0.25) is 10.0 Å². The Hall–Kier alpha value is -2.92. The average Bonchev–Trinajstić information content (AvgIpc) is 3.34. The van der Waals surface area contributed by atoms with Crippen molar-refractivity contribution in [2.45, 2.75) is 30.8 Å². The fourth-order valence-electron chi connectivity index (χ4n) is 3.48. The number of nitrogens with one attached hydrogen (secondary N) is 1. The van der Waals surface area contributed by atoms with E-state index in [1.165, 1.54) is 30.6 Å². The van der Waals surface area contributed by atoms with Crippen molar-refractivity contribution in [3.05, 3.63) is 76.0 Å². The monoisotopic (exact) mass is 490 g/mol. The third-order valence-electron chi connectivity index (χ3n) is 5.20. The minimum absolute atomic E-state index is 0.00968. The van der Waals surface area contributed by atoms with E-state index in [2.05, 4.69) is 0 Å². The number of carbonyl (C=O) groups excluding carboxylic acids is 1. The summed E-state index contributed by atoms with van der Waals surface area (Å²) in [6, 6.07) is 13.7. The summed E-state index contributed by atoms with van der Waals surface area (Å²) in [4.78, 5) is 13.5. The maximum atomic E-state index is 13.7. The van der Waals surface area contributed by atoms with E-state index in [4.69, 9.17) is 9.47 Å². The Labute approximate surface area is 197 Å². The van der Waals surface area contributed by atoms with Gasteiger partial charge in [-0.15, -0.1) is 11.3 Å². The van der Waals surface area contributed by atoms with E-state index in [1.807, 2.05) is 30.5 Å². The molecule has 2 aromatic carbocycles. The van der Waals surface area contributed by atoms with E-state index in [1.54, 1.807) is 36.9 Å². The molecular formula is C23H26N2O6S2. The van der Waals surface area contributed by atoms with Gasteiger partial charge in [-0.2, -0.15) is 4.31 Å². The maximum absolute atomic E-state index is 13.7. The first-order valence-electron chi connectivity index (χ1n) is 10.1. The lowest BCUT2D eigenvalue weighted by Crippen LogP contribution is -2.49. The maximum Gasteiger partial charge on any atom is 0.262 e. The van der Waals surface area contributed by atoms with Crippen molar-refractivity contribution in [2.24, 2.45) is 0 Å². The number of benzene rings is 2. The first-order chi connectivity index (χ1) is 15.8. The van der Waals surface area contributed by atoms with Gasteiger partial charge in [0.1, 0.15) is 17.5 Å². The molecule has 1 aromatic heterocycles. The van der Waals surface area contributed by atoms with Crippen molar-refractivity contribution in [2.75, 3.05) is 14.2 Å². The number of carbonyl (C=O) groups is 1. The van der Waals surface area contributed by atoms with Crippen LogP contribution in [0.15, 0.2) is 64.9 Å². The third-order valence-corrected chi connectivity index (χ3v) is 7.97. The van der Waals surface area contributed by atoms with Gasteiger partial charge in [-0.05, 0) is 59.8 Å². The van der Waals surface area contributed by atoms with Crippen LogP contribution in [0.3, 0.4) is 0 Å². The number of amides is 1. The number of aryl methyl sites for hydroxylation is 1. The molecule has 1 amide bonds. The summed E-state index contributed by atoms with van der Waals surface area (Å²) in [5.41, 5.74) is 3.14. The molecule has 1 heterocycles. The van der Waals surface area contributed by atoms with E-state index >= 15 is 0 Å². The van der Waals surface area contributed by atoms with Crippen LogP contribution in [0.25, 0.3) is 0 Å². The Morgan fingerprint density at radius 1 is 1.12 bits per heavy atom. The molecule has 8 nitrogen and oxygen atoms in total. The number of nitrogens with zero attached hydrogens (tertiary/aromatic N) is 1. The summed E-state index contributed by atoms with van der Waals surface area (Å²) >= 11 is 1.41. The Balaban J connectivity index is 2.08. The van der Waals surface area contributed by atoms with Crippen LogP contribution in [-0.2, 0) is 27.8 Å². The molecule has 0 unspecified atom stereocenters. The lowest BCUT2D eigenvalue weighted by atomic mass is 10.1. The highest BCUT2D eigenvalue weighted by atomic mass is 32.2. The number of thiophene rings is 1. The van der Waals surface area contributed by atoms with Crippen molar-refractivity contribution in [3.8, 4) is 11.5 Å². The number of rotatable bonds is 10.